The maximum absolute atomic E-state index is 13.9. The van der Waals surface area contributed by atoms with Crippen LogP contribution in [-0.2, 0) is 6.54 Å². The molecule has 5 aromatic rings. The highest BCUT2D eigenvalue weighted by Gasteiger charge is 2.13. The summed E-state index contributed by atoms with van der Waals surface area (Å²) in [7, 11) is 0. The maximum Gasteiger partial charge on any atom is 0.187 e. The lowest BCUT2D eigenvalue weighted by molar-refractivity contribution is 0.619. The minimum atomic E-state index is -0.242. The Balaban J connectivity index is 1.55. The smallest absolute Gasteiger partial charge is 0.187 e. The molecule has 34 heavy (non-hydrogen) atoms. The van der Waals surface area contributed by atoms with Crippen molar-refractivity contribution in [2.45, 2.75) is 13.5 Å². The molecule has 0 radical (unpaired) electrons. The minimum Gasteiger partial charge on any atom is -0.380 e. The highest BCUT2D eigenvalue weighted by atomic mass is 19.1. The lowest BCUT2D eigenvalue weighted by Gasteiger charge is -2.14. The molecule has 164 valence electrons. The van der Waals surface area contributed by atoms with E-state index in [9.17, 15) is 4.39 Å². The third kappa shape index (κ3) is 4.32. The number of aryl methyl sites for hydroxylation is 1. The molecule has 0 fully saturated rings. The number of nitrogens with zero attached hydrogens (tertiary/aromatic N) is 4. The number of halogens is 1. The number of anilines is 1. The van der Waals surface area contributed by atoms with Crippen LogP contribution in [-0.4, -0.2) is 15.0 Å². The van der Waals surface area contributed by atoms with Gasteiger partial charge in [-0.15, -0.1) is 0 Å². The maximum atomic E-state index is 13.9. The molecule has 2 aromatic heterocycles. The summed E-state index contributed by atoms with van der Waals surface area (Å²) in [5.74, 6) is -0.242. The third-order valence-corrected chi connectivity index (χ3v) is 5.66. The molecule has 0 saturated heterocycles. The predicted molar refractivity (Wildman–Crippen MR) is 133 cm³/mol. The molecule has 0 bridgehead atoms. The van der Waals surface area contributed by atoms with Crippen LogP contribution in [0.2, 0.25) is 0 Å². The van der Waals surface area contributed by atoms with Gasteiger partial charge in [0.25, 0.3) is 0 Å². The summed E-state index contributed by atoms with van der Waals surface area (Å²) in [6, 6.07) is 20.5. The molecule has 5 rings (SSSR count). The lowest BCUT2D eigenvalue weighted by atomic mass is 9.97. The van der Waals surface area contributed by atoms with Crippen molar-refractivity contribution in [3.05, 3.63) is 114 Å². The van der Waals surface area contributed by atoms with Crippen LogP contribution in [0.5, 0.6) is 0 Å². The predicted octanol–water partition coefficient (Wildman–Crippen LogP) is 6.97. The zero-order valence-corrected chi connectivity index (χ0v) is 18.5. The number of rotatable bonds is 5. The summed E-state index contributed by atoms with van der Waals surface area (Å²) in [6.45, 7) is 9.44. The van der Waals surface area contributed by atoms with Crippen LogP contribution in [0, 0.1) is 19.3 Å². The molecule has 0 atom stereocenters. The molecule has 0 spiro atoms. The fourth-order valence-corrected chi connectivity index (χ4v) is 3.83. The van der Waals surface area contributed by atoms with Gasteiger partial charge >= 0.3 is 0 Å². The van der Waals surface area contributed by atoms with Gasteiger partial charge in [-0.1, -0.05) is 30.3 Å². The van der Waals surface area contributed by atoms with Crippen molar-refractivity contribution in [3.8, 4) is 22.4 Å². The number of pyridine rings is 1. The molecule has 6 heteroatoms. The Morgan fingerprint density at radius 1 is 0.853 bits per heavy atom. The molecule has 0 aliphatic rings. The molecule has 3 aromatic carbocycles. The molecule has 0 aliphatic heterocycles. The van der Waals surface area contributed by atoms with Crippen molar-refractivity contribution in [2.24, 2.45) is 0 Å². The summed E-state index contributed by atoms with van der Waals surface area (Å²) >= 11 is 0. The second-order valence-electron chi connectivity index (χ2n) is 7.98. The van der Waals surface area contributed by atoms with Crippen molar-refractivity contribution in [1.29, 1.82) is 0 Å². The summed E-state index contributed by atoms with van der Waals surface area (Å²) in [5, 5.41) is 3.42. The van der Waals surface area contributed by atoms with E-state index in [4.69, 9.17) is 11.6 Å². The summed E-state index contributed by atoms with van der Waals surface area (Å²) in [4.78, 5) is 17.0. The van der Waals surface area contributed by atoms with Gasteiger partial charge in [-0.2, -0.15) is 0 Å². The van der Waals surface area contributed by atoms with Crippen LogP contribution in [0.3, 0.4) is 0 Å². The van der Waals surface area contributed by atoms with Crippen LogP contribution < -0.4 is 5.32 Å². The van der Waals surface area contributed by atoms with Gasteiger partial charge in [0.1, 0.15) is 5.82 Å². The number of aromatic nitrogens is 3. The zero-order valence-electron chi connectivity index (χ0n) is 18.5. The van der Waals surface area contributed by atoms with Crippen molar-refractivity contribution >= 4 is 22.4 Å². The van der Waals surface area contributed by atoms with Gasteiger partial charge < -0.3 is 5.32 Å². The molecule has 0 saturated carbocycles. The molecule has 1 N–H and O–H groups in total. The first-order valence-electron chi connectivity index (χ1n) is 10.8. The van der Waals surface area contributed by atoms with Gasteiger partial charge in [-0.25, -0.2) is 9.24 Å². The van der Waals surface area contributed by atoms with Crippen molar-refractivity contribution in [3.63, 3.8) is 0 Å². The molecule has 0 aliphatic carbocycles. The first kappa shape index (κ1) is 21.2. The number of hydrogen-bond acceptors (Lipinski definition) is 4. The second-order valence-corrected chi connectivity index (χ2v) is 7.98. The number of benzene rings is 3. The fraction of sp³-hybridized carbons (Fsp3) is 0.0714. The Kier molecular flexibility index (Phi) is 5.67. The topological polar surface area (TPSA) is 55.1 Å². The van der Waals surface area contributed by atoms with E-state index < -0.39 is 0 Å². The highest BCUT2D eigenvalue weighted by Crippen LogP contribution is 2.34. The zero-order chi connectivity index (χ0) is 23.5. The van der Waals surface area contributed by atoms with Gasteiger partial charge in [-0.05, 0) is 60.0 Å². The van der Waals surface area contributed by atoms with E-state index in [0.717, 1.165) is 44.7 Å². The number of nitrogens with one attached hydrogen (secondary N) is 1. The average molecular weight is 446 g/mol. The SMILES string of the molecule is [C-]#[N+]c1ccc(CNc2cnc(-c3ccc(F)c(C)c3)c(-c3ccc4nccnc4c3)c2)cc1. The van der Waals surface area contributed by atoms with E-state index in [2.05, 4.69) is 20.1 Å². The van der Waals surface area contributed by atoms with Gasteiger partial charge in [0.15, 0.2) is 5.69 Å². The Bertz CT molecular complexity index is 1540. The quantitative estimate of drug-likeness (QED) is 0.297. The van der Waals surface area contributed by atoms with Gasteiger partial charge in [0.05, 0.1) is 35.2 Å². The van der Waals surface area contributed by atoms with E-state index >= 15 is 0 Å². The summed E-state index contributed by atoms with van der Waals surface area (Å²) < 4.78 is 13.9. The summed E-state index contributed by atoms with van der Waals surface area (Å²) in [6.07, 6.45) is 5.13. The van der Waals surface area contributed by atoms with Crippen molar-refractivity contribution in [2.75, 3.05) is 5.32 Å². The van der Waals surface area contributed by atoms with E-state index in [1.165, 1.54) is 6.07 Å². The largest absolute Gasteiger partial charge is 0.380 e. The van der Waals surface area contributed by atoms with Crippen LogP contribution in [0.25, 0.3) is 38.3 Å². The molecule has 0 unspecified atom stereocenters. The molecular weight excluding hydrogens is 425 g/mol. The molecule has 2 heterocycles. The van der Waals surface area contributed by atoms with Crippen LogP contribution >= 0.6 is 0 Å². The lowest BCUT2D eigenvalue weighted by Crippen LogP contribution is -2.01. The standard InChI is InChI=1S/C28H20FN5/c1-18-13-21(5-9-25(18)29)28-24(20-6-10-26-27(14-20)32-12-11-31-26)15-23(17-34-28)33-16-19-3-7-22(30-2)8-4-19/h3-15,17,33H,16H2,1H3. The summed E-state index contributed by atoms with van der Waals surface area (Å²) in [5.41, 5.74) is 8.17. The fourth-order valence-electron chi connectivity index (χ4n) is 3.83. The van der Waals surface area contributed by atoms with E-state index in [1.54, 1.807) is 31.6 Å². The molecule has 5 nitrogen and oxygen atoms in total. The van der Waals surface area contributed by atoms with Gasteiger partial charge in [0.2, 0.25) is 0 Å². The Morgan fingerprint density at radius 3 is 2.38 bits per heavy atom. The third-order valence-electron chi connectivity index (χ3n) is 5.66. The first-order chi connectivity index (χ1) is 16.6. The van der Waals surface area contributed by atoms with E-state index in [1.807, 2.05) is 54.6 Å². The monoisotopic (exact) mass is 445 g/mol. The number of hydrogen-bond donors (Lipinski definition) is 1. The van der Waals surface area contributed by atoms with Gasteiger partial charge in [0, 0.05) is 30.1 Å². The van der Waals surface area contributed by atoms with Crippen LogP contribution in [0.4, 0.5) is 15.8 Å². The number of fused-ring (bicyclic) bond motifs is 1. The average Bonchev–Trinajstić information content (AvgIpc) is 2.89. The Hall–Kier alpha value is -4.63. The Morgan fingerprint density at radius 2 is 1.62 bits per heavy atom. The van der Waals surface area contributed by atoms with Crippen LogP contribution in [0.15, 0.2) is 85.3 Å². The van der Waals surface area contributed by atoms with E-state index in [-0.39, 0.29) is 5.82 Å². The highest BCUT2D eigenvalue weighted by molar-refractivity contribution is 5.88. The molecule has 0 amide bonds. The van der Waals surface area contributed by atoms with Crippen molar-refractivity contribution < 1.29 is 4.39 Å². The van der Waals surface area contributed by atoms with Crippen molar-refractivity contribution in [1.82, 2.24) is 15.0 Å². The second kappa shape index (κ2) is 9.08. The minimum absolute atomic E-state index is 0.242. The molecular formula is C28H20FN5. The van der Waals surface area contributed by atoms with Crippen LogP contribution in [0.1, 0.15) is 11.1 Å². The first-order valence-corrected chi connectivity index (χ1v) is 10.8. The van der Waals surface area contributed by atoms with Gasteiger partial charge in [-0.3, -0.25) is 15.0 Å². The Labute approximate surface area is 196 Å². The van der Waals surface area contributed by atoms with E-state index in [0.29, 0.717) is 17.8 Å². The normalized spacial score (nSPS) is 10.7.